The summed E-state index contributed by atoms with van der Waals surface area (Å²) in [4.78, 5) is 15.7. The molecule has 4 rings (SSSR count). The van der Waals surface area contributed by atoms with Crippen molar-refractivity contribution in [2.75, 3.05) is 31.1 Å². The maximum atomic E-state index is 4.64. The predicted molar refractivity (Wildman–Crippen MR) is 105 cm³/mol. The Bertz CT molecular complexity index is 894. The van der Waals surface area contributed by atoms with E-state index >= 15 is 0 Å². The molecule has 1 saturated heterocycles. The summed E-state index contributed by atoms with van der Waals surface area (Å²) in [5, 5.41) is 1.26. The van der Waals surface area contributed by atoms with E-state index in [0.717, 1.165) is 43.4 Å². The fourth-order valence-electron chi connectivity index (χ4n) is 3.69. The van der Waals surface area contributed by atoms with Crippen molar-refractivity contribution in [1.29, 1.82) is 0 Å². The second kappa shape index (κ2) is 6.73. The van der Waals surface area contributed by atoms with Crippen LogP contribution in [0.2, 0.25) is 0 Å². The van der Waals surface area contributed by atoms with E-state index in [0.29, 0.717) is 0 Å². The van der Waals surface area contributed by atoms with Crippen molar-refractivity contribution in [2.24, 2.45) is 0 Å². The van der Waals surface area contributed by atoms with Gasteiger partial charge in [0.2, 0.25) is 0 Å². The quantitative estimate of drug-likeness (QED) is 0.786. The van der Waals surface area contributed by atoms with Crippen molar-refractivity contribution in [1.82, 2.24) is 9.97 Å². The van der Waals surface area contributed by atoms with E-state index in [2.05, 4.69) is 59.9 Å². The minimum atomic E-state index is 1.06. The maximum absolute atomic E-state index is 4.64. The summed E-state index contributed by atoms with van der Waals surface area (Å²) in [6.07, 6.45) is 1.72. The van der Waals surface area contributed by atoms with E-state index in [4.69, 9.17) is 0 Å². The molecule has 25 heavy (non-hydrogen) atoms. The fourth-order valence-corrected chi connectivity index (χ4v) is 4.68. The van der Waals surface area contributed by atoms with E-state index in [1.807, 2.05) is 0 Å². The Morgan fingerprint density at radius 2 is 1.84 bits per heavy atom. The first-order valence-electron chi connectivity index (χ1n) is 8.97. The highest BCUT2D eigenvalue weighted by molar-refractivity contribution is 7.18. The number of piperazine rings is 1. The number of fused-ring (bicyclic) bond motifs is 1. The molecule has 4 nitrogen and oxygen atoms in total. The lowest BCUT2D eigenvalue weighted by Crippen LogP contribution is -3.13. The lowest BCUT2D eigenvalue weighted by molar-refractivity contribution is -0.914. The summed E-state index contributed by atoms with van der Waals surface area (Å²) < 4.78 is 0. The number of rotatable bonds is 3. The number of nitrogens with zero attached hydrogens (tertiary/aromatic N) is 3. The Morgan fingerprint density at radius 3 is 2.60 bits per heavy atom. The number of aryl methyl sites for hydroxylation is 3. The lowest BCUT2D eigenvalue weighted by atomic mass is 10.1. The largest absolute Gasteiger partial charge is 0.345 e. The van der Waals surface area contributed by atoms with Crippen molar-refractivity contribution in [3.8, 4) is 0 Å². The molecule has 1 N–H and O–H groups in total. The number of aromatic nitrogens is 2. The van der Waals surface area contributed by atoms with Gasteiger partial charge in [0.1, 0.15) is 23.5 Å². The molecule has 0 saturated carbocycles. The first-order valence-corrected chi connectivity index (χ1v) is 9.79. The van der Waals surface area contributed by atoms with Gasteiger partial charge >= 0.3 is 0 Å². The predicted octanol–water partition coefficient (Wildman–Crippen LogP) is 2.52. The molecule has 0 radical (unpaired) electrons. The van der Waals surface area contributed by atoms with Crippen LogP contribution in [0.15, 0.2) is 30.6 Å². The molecule has 3 aromatic rings. The van der Waals surface area contributed by atoms with E-state index in [1.165, 1.54) is 27.0 Å². The van der Waals surface area contributed by atoms with Crippen molar-refractivity contribution in [3.63, 3.8) is 0 Å². The van der Waals surface area contributed by atoms with Crippen LogP contribution < -0.4 is 9.80 Å². The summed E-state index contributed by atoms with van der Waals surface area (Å²) in [6.45, 7) is 12.1. The van der Waals surface area contributed by atoms with Gasteiger partial charge in [-0.2, -0.15) is 0 Å². The van der Waals surface area contributed by atoms with Crippen molar-refractivity contribution in [2.45, 2.75) is 27.3 Å². The highest BCUT2D eigenvalue weighted by Crippen LogP contribution is 2.34. The topological polar surface area (TPSA) is 33.5 Å². The number of hydrogen-bond acceptors (Lipinski definition) is 4. The molecule has 0 bridgehead atoms. The molecule has 1 aliphatic rings. The molecule has 1 aromatic carbocycles. The van der Waals surface area contributed by atoms with Crippen LogP contribution in [0, 0.1) is 20.8 Å². The summed E-state index contributed by atoms with van der Waals surface area (Å²) in [6, 6.07) is 8.75. The van der Waals surface area contributed by atoms with Crippen LogP contribution in [0.5, 0.6) is 0 Å². The van der Waals surface area contributed by atoms with Gasteiger partial charge in [-0.1, -0.05) is 24.3 Å². The summed E-state index contributed by atoms with van der Waals surface area (Å²) in [7, 11) is 0. The number of benzene rings is 1. The molecular formula is C20H25N4S+. The number of anilines is 1. The normalized spacial score (nSPS) is 15.9. The zero-order valence-electron chi connectivity index (χ0n) is 15.2. The molecular weight excluding hydrogens is 328 g/mol. The van der Waals surface area contributed by atoms with Gasteiger partial charge in [-0.3, -0.25) is 0 Å². The Kier molecular flexibility index (Phi) is 4.44. The first-order chi connectivity index (χ1) is 12.1. The minimum Gasteiger partial charge on any atom is -0.345 e. The van der Waals surface area contributed by atoms with Gasteiger partial charge in [0, 0.05) is 10.4 Å². The lowest BCUT2D eigenvalue weighted by Gasteiger charge is -2.33. The fraction of sp³-hybridized carbons (Fsp3) is 0.400. The van der Waals surface area contributed by atoms with Crippen molar-refractivity contribution >= 4 is 27.4 Å². The number of nitrogens with one attached hydrogen (secondary N) is 1. The molecule has 0 amide bonds. The zero-order valence-corrected chi connectivity index (χ0v) is 16.0. The van der Waals surface area contributed by atoms with Gasteiger partial charge in [-0.05, 0) is 31.9 Å². The van der Waals surface area contributed by atoms with Crippen LogP contribution in [0.1, 0.15) is 21.6 Å². The van der Waals surface area contributed by atoms with Gasteiger partial charge < -0.3 is 9.80 Å². The molecule has 3 heterocycles. The van der Waals surface area contributed by atoms with Gasteiger partial charge in [0.05, 0.1) is 31.6 Å². The monoisotopic (exact) mass is 353 g/mol. The van der Waals surface area contributed by atoms with Gasteiger partial charge in [-0.15, -0.1) is 11.3 Å². The van der Waals surface area contributed by atoms with E-state index in [1.54, 1.807) is 22.6 Å². The summed E-state index contributed by atoms with van der Waals surface area (Å²) >= 11 is 1.78. The average molecular weight is 354 g/mol. The summed E-state index contributed by atoms with van der Waals surface area (Å²) in [5.74, 6) is 1.13. The van der Waals surface area contributed by atoms with Crippen LogP contribution >= 0.6 is 11.3 Å². The Morgan fingerprint density at radius 1 is 1.08 bits per heavy atom. The second-order valence-electron chi connectivity index (χ2n) is 7.00. The van der Waals surface area contributed by atoms with Crippen LogP contribution in [0.4, 0.5) is 5.82 Å². The molecule has 5 heteroatoms. The Hall–Kier alpha value is -1.98. The molecule has 0 spiro atoms. The molecule has 1 fully saturated rings. The molecule has 0 aliphatic carbocycles. The third-order valence-corrected chi connectivity index (χ3v) is 6.53. The van der Waals surface area contributed by atoms with E-state index in [9.17, 15) is 0 Å². The minimum absolute atomic E-state index is 1.06. The van der Waals surface area contributed by atoms with Gasteiger partial charge in [-0.25, -0.2) is 9.97 Å². The molecule has 2 aromatic heterocycles. The van der Waals surface area contributed by atoms with Crippen LogP contribution in [-0.4, -0.2) is 36.1 Å². The van der Waals surface area contributed by atoms with Crippen molar-refractivity contribution < 1.29 is 4.90 Å². The standard InChI is InChI=1S/C20H24N4S/c1-14-6-4-5-7-17(14)12-23-8-10-24(11-9-23)19-18-15(2)16(3)25-20(18)22-13-21-19/h4-7,13H,8-12H2,1-3H3/p+1. The van der Waals surface area contributed by atoms with Gasteiger partial charge in [0.25, 0.3) is 0 Å². The Balaban J connectivity index is 1.50. The van der Waals surface area contributed by atoms with E-state index in [-0.39, 0.29) is 0 Å². The number of thiophene rings is 1. The maximum Gasteiger partial charge on any atom is 0.141 e. The third-order valence-electron chi connectivity index (χ3n) is 5.42. The zero-order chi connectivity index (χ0) is 17.4. The van der Waals surface area contributed by atoms with Crippen LogP contribution in [-0.2, 0) is 6.54 Å². The van der Waals surface area contributed by atoms with Crippen LogP contribution in [0.25, 0.3) is 10.2 Å². The van der Waals surface area contributed by atoms with Crippen LogP contribution in [0.3, 0.4) is 0 Å². The van der Waals surface area contributed by atoms with E-state index < -0.39 is 0 Å². The van der Waals surface area contributed by atoms with Gasteiger partial charge in [0.15, 0.2) is 0 Å². The molecule has 130 valence electrons. The number of hydrogen-bond donors (Lipinski definition) is 1. The smallest absolute Gasteiger partial charge is 0.141 e. The van der Waals surface area contributed by atoms with Crippen molar-refractivity contribution in [3.05, 3.63) is 52.2 Å². The second-order valence-corrected chi connectivity index (χ2v) is 8.20. The first kappa shape index (κ1) is 16.5. The molecule has 0 unspecified atom stereocenters. The summed E-state index contributed by atoms with van der Waals surface area (Å²) in [5.41, 5.74) is 4.21. The highest BCUT2D eigenvalue weighted by Gasteiger charge is 2.24. The average Bonchev–Trinajstić information content (AvgIpc) is 2.92. The number of quaternary nitrogens is 1. The SMILES string of the molecule is Cc1ccccc1C[NH+]1CCN(c2ncnc3sc(C)c(C)c23)CC1. The highest BCUT2D eigenvalue weighted by atomic mass is 32.1. The molecule has 1 aliphatic heterocycles. The Labute approximate surface area is 153 Å². The molecule has 0 atom stereocenters. The third kappa shape index (κ3) is 3.14.